The number of ether oxygens (including phenoxy) is 2. The van der Waals surface area contributed by atoms with Gasteiger partial charge in [-0.3, -0.25) is 4.79 Å². The average molecular weight is 279 g/mol. The largest absolute Gasteiger partial charge is 0.492 e. The zero-order valence-electron chi connectivity index (χ0n) is 13.3. The number of likely N-dealkylation sites (N-methyl/N-ethyl adjacent to an activating group) is 1. The molecule has 1 rings (SSSR count). The second-order valence-corrected chi connectivity index (χ2v) is 5.50. The van der Waals surface area contributed by atoms with Crippen LogP contribution in [-0.4, -0.2) is 38.1 Å². The second kappa shape index (κ2) is 7.29. The summed E-state index contributed by atoms with van der Waals surface area (Å²) in [6.07, 6.45) is 0. The number of carbonyl (C=O) groups is 1. The average Bonchev–Trinajstić information content (AvgIpc) is 2.31. The van der Waals surface area contributed by atoms with Crippen molar-refractivity contribution in [3.8, 4) is 11.5 Å². The number of nitrogens with zero attached hydrogens (tertiary/aromatic N) is 1. The highest BCUT2D eigenvalue weighted by molar-refractivity contribution is 5.70. The fourth-order valence-corrected chi connectivity index (χ4v) is 2.13. The van der Waals surface area contributed by atoms with E-state index in [9.17, 15) is 4.79 Å². The fourth-order valence-electron chi connectivity index (χ4n) is 2.13. The van der Waals surface area contributed by atoms with E-state index in [1.165, 1.54) is 6.92 Å². The molecule has 0 heterocycles. The van der Waals surface area contributed by atoms with Crippen molar-refractivity contribution in [3.63, 3.8) is 0 Å². The lowest BCUT2D eigenvalue weighted by Crippen LogP contribution is -2.20. The van der Waals surface area contributed by atoms with Crippen LogP contribution in [0.2, 0.25) is 0 Å². The van der Waals surface area contributed by atoms with Gasteiger partial charge in [-0.15, -0.1) is 0 Å². The molecule has 0 aliphatic heterocycles. The number of rotatable bonds is 6. The Kier molecular flexibility index (Phi) is 6.02. The lowest BCUT2D eigenvalue weighted by atomic mass is 9.96. The third-order valence-electron chi connectivity index (χ3n) is 3.05. The Hall–Kier alpha value is -1.55. The Bertz CT molecular complexity index is 467. The van der Waals surface area contributed by atoms with E-state index >= 15 is 0 Å². The second-order valence-electron chi connectivity index (χ2n) is 5.50. The zero-order valence-corrected chi connectivity index (χ0v) is 13.3. The van der Waals surface area contributed by atoms with Crippen LogP contribution in [0.25, 0.3) is 0 Å². The molecule has 112 valence electrons. The van der Waals surface area contributed by atoms with Gasteiger partial charge in [0.05, 0.1) is 0 Å². The van der Waals surface area contributed by atoms with Crippen LogP contribution < -0.4 is 9.47 Å². The molecule has 0 bridgehead atoms. The van der Waals surface area contributed by atoms with E-state index in [1.54, 1.807) is 6.07 Å². The van der Waals surface area contributed by atoms with Gasteiger partial charge in [-0.1, -0.05) is 13.8 Å². The van der Waals surface area contributed by atoms with E-state index in [0.717, 1.165) is 23.4 Å². The molecule has 0 N–H and O–H groups in total. The van der Waals surface area contributed by atoms with Crippen LogP contribution in [0.3, 0.4) is 0 Å². The first kappa shape index (κ1) is 16.5. The molecule has 0 atom stereocenters. The molecule has 1 aromatic carbocycles. The summed E-state index contributed by atoms with van der Waals surface area (Å²) >= 11 is 0. The molecule has 0 aromatic heterocycles. The molecule has 0 aliphatic carbocycles. The first-order valence-corrected chi connectivity index (χ1v) is 6.92. The minimum Gasteiger partial charge on any atom is -0.492 e. The van der Waals surface area contributed by atoms with Gasteiger partial charge in [-0.2, -0.15) is 0 Å². The first-order valence-electron chi connectivity index (χ1n) is 6.92. The van der Waals surface area contributed by atoms with E-state index in [2.05, 4.69) is 18.7 Å². The van der Waals surface area contributed by atoms with Crippen molar-refractivity contribution in [2.75, 3.05) is 27.2 Å². The Labute approximate surface area is 121 Å². The number of esters is 1. The van der Waals surface area contributed by atoms with Gasteiger partial charge >= 0.3 is 5.97 Å². The van der Waals surface area contributed by atoms with Crippen molar-refractivity contribution >= 4 is 5.97 Å². The van der Waals surface area contributed by atoms with Gasteiger partial charge in [0.15, 0.2) is 0 Å². The van der Waals surface area contributed by atoms with E-state index in [-0.39, 0.29) is 5.97 Å². The van der Waals surface area contributed by atoms with Crippen LogP contribution in [0.4, 0.5) is 0 Å². The van der Waals surface area contributed by atoms with Crippen molar-refractivity contribution in [3.05, 3.63) is 23.3 Å². The molecule has 0 fully saturated rings. The van der Waals surface area contributed by atoms with Crippen LogP contribution in [0.5, 0.6) is 11.5 Å². The standard InChI is InChI=1S/C16H25NO3/c1-11(2)16-12(3)14(20-13(4)18)7-8-15(16)19-10-9-17(5)6/h7-8,11H,9-10H2,1-6H3. The van der Waals surface area contributed by atoms with Gasteiger partial charge in [0.1, 0.15) is 18.1 Å². The highest BCUT2D eigenvalue weighted by atomic mass is 16.5. The topological polar surface area (TPSA) is 38.8 Å². The van der Waals surface area contributed by atoms with Crippen LogP contribution in [-0.2, 0) is 4.79 Å². The molecule has 0 saturated carbocycles. The zero-order chi connectivity index (χ0) is 15.3. The van der Waals surface area contributed by atoms with Crippen molar-refractivity contribution in [2.45, 2.75) is 33.6 Å². The quantitative estimate of drug-likeness (QED) is 0.593. The summed E-state index contributed by atoms with van der Waals surface area (Å²) in [7, 11) is 4.03. The number of hydrogen-bond acceptors (Lipinski definition) is 4. The lowest BCUT2D eigenvalue weighted by molar-refractivity contribution is -0.131. The van der Waals surface area contributed by atoms with Crippen LogP contribution >= 0.6 is 0 Å². The molecule has 0 amide bonds. The molecule has 0 spiro atoms. The van der Waals surface area contributed by atoms with E-state index in [0.29, 0.717) is 18.3 Å². The molecule has 4 nitrogen and oxygen atoms in total. The summed E-state index contributed by atoms with van der Waals surface area (Å²) in [6, 6.07) is 3.68. The smallest absolute Gasteiger partial charge is 0.308 e. The van der Waals surface area contributed by atoms with Crippen LogP contribution in [0.1, 0.15) is 37.8 Å². The van der Waals surface area contributed by atoms with Crippen molar-refractivity contribution in [1.29, 1.82) is 0 Å². The minimum atomic E-state index is -0.302. The molecular formula is C16H25NO3. The van der Waals surface area contributed by atoms with Gasteiger partial charge in [0, 0.05) is 19.0 Å². The maximum atomic E-state index is 11.1. The predicted molar refractivity (Wildman–Crippen MR) is 80.6 cm³/mol. The summed E-state index contributed by atoms with van der Waals surface area (Å²) < 4.78 is 11.1. The molecular weight excluding hydrogens is 254 g/mol. The van der Waals surface area contributed by atoms with Crippen molar-refractivity contribution in [2.24, 2.45) is 0 Å². The van der Waals surface area contributed by atoms with Crippen LogP contribution in [0, 0.1) is 6.92 Å². The van der Waals surface area contributed by atoms with Crippen LogP contribution in [0.15, 0.2) is 12.1 Å². The summed E-state index contributed by atoms with van der Waals surface area (Å²) in [5.74, 6) is 1.49. The fraction of sp³-hybridized carbons (Fsp3) is 0.562. The molecule has 4 heteroatoms. The van der Waals surface area contributed by atoms with E-state index in [4.69, 9.17) is 9.47 Å². The normalized spacial score (nSPS) is 11.0. The Morgan fingerprint density at radius 2 is 1.85 bits per heavy atom. The summed E-state index contributed by atoms with van der Waals surface area (Å²) in [5, 5.41) is 0. The SMILES string of the molecule is CC(=O)Oc1ccc(OCCN(C)C)c(C(C)C)c1C. The number of hydrogen-bond donors (Lipinski definition) is 0. The van der Waals surface area contributed by atoms with E-state index < -0.39 is 0 Å². The van der Waals surface area contributed by atoms with Gasteiger partial charge in [-0.05, 0) is 44.6 Å². The van der Waals surface area contributed by atoms with E-state index in [1.807, 2.05) is 27.1 Å². The molecule has 0 saturated heterocycles. The maximum Gasteiger partial charge on any atom is 0.308 e. The van der Waals surface area contributed by atoms with Gasteiger partial charge < -0.3 is 14.4 Å². The number of carbonyl (C=O) groups excluding carboxylic acids is 1. The van der Waals surface area contributed by atoms with Gasteiger partial charge in [0.2, 0.25) is 0 Å². The Morgan fingerprint density at radius 3 is 2.35 bits per heavy atom. The molecule has 0 radical (unpaired) electrons. The minimum absolute atomic E-state index is 0.302. The summed E-state index contributed by atoms with van der Waals surface area (Å²) in [5.41, 5.74) is 2.07. The highest BCUT2D eigenvalue weighted by Crippen LogP contribution is 2.35. The Morgan fingerprint density at radius 1 is 1.25 bits per heavy atom. The molecule has 20 heavy (non-hydrogen) atoms. The maximum absolute atomic E-state index is 11.1. The van der Waals surface area contributed by atoms with Gasteiger partial charge in [0.25, 0.3) is 0 Å². The third-order valence-corrected chi connectivity index (χ3v) is 3.05. The predicted octanol–water partition coefficient (Wildman–Crippen LogP) is 2.98. The Balaban J connectivity index is 3.00. The number of benzene rings is 1. The molecule has 0 unspecified atom stereocenters. The van der Waals surface area contributed by atoms with Gasteiger partial charge in [-0.25, -0.2) is 0 Å². The molecule has 1 aromatic rings. The first-order chi connectivity index (χ1) is 9.32. The third kappa shape index (κ3) is 4.53. The molecule has 0 aliphatic rings. The summed E-state index contributed by atoms with van der Waals surface area (Å²) in [6.45, 7) is 9.10. The summed E-state index contributed by atoms with van der Waals surface area (Å²) in [4.78, 5) is 13.2. The highest BCUT2D eigenvalue weighted by Gasteiger charge is 2.16. The van der Waals surface area contributed by atoms with Crippen molar-refractivity contribution in [1.82, 2.24) is 4.90 Å². The van der Waals surface area contributed by atoms with Crippen molar-refractivity contribution < 1.29 is 14.3 Å². The monoisotopic (exact) mass is 279 g/mol. The lowest BCUT2D eigenvalue weighted by Gasteiger charge is -2.19.